The third kappa shape index (κ3) is 5.14. The number of nitrogens with one attached hydrogen (secondary N) is 1. The van der Waals surface area contributed by atoms with Gasteiger partial charge in [-0.3, -0.25) is 9.59 Å². The molecule has 0 aliphatic rings. The third-order valence-electron chi connectivity index (χ3n) is 3.11. The summed E-state index contributed by atoms with van der Waals surface area (Å²) in [5.74, 6) is -1.47. The SMILES string of the molecule is CCCS(=O)(=O)c1ccccc1C(=O)NC(C)CCC(=O)O. The van der Waals surface area contributed by atoms with Gasteiger partial charge in [-0.25, -0.2) is 8.42 Å². The van der Waals surface area contributed by atoms with Crippen molar-refractivity contribution in [3.63, 3.8) is 0 Å². The number of hydrogen-bond donors (Lipinski definition) is 2. The average molecular weight is 327 g/mol. The van der Waals surface area contributed by atoms with E-state index in [-0.39, 0.29) is 35.1 Å². The maximum atomic E-state index is 12.2. The minimum atomic E-state index is -3.50. The monoisotopic (exact) mass is 327 g/mol. The standard InChI is InChI=1S/C15H21NO5S/c1-3-10-22(20,21)13-7-5-4-6-12(13)15(19)16-11(2)8-9-14(17)18/h4-7,11H,3,8-10H2,1-2H3,(H,16,19)(H,17,18). The molecule has 0 aromatic heterocycles. The smallest absolute Gasteiger partial charge is 0.303 e. The number of hydrogen-bond acceptors (Lipinski definition) is 4. The number of carboxylic acid groups (broad SMARTS) is 1. The van der Waals surface area contributed by atoms with E-state index in [1.54, 1.807) is 26.0 Å². The molecule has 22 heavy (non-hydrogen) atoms. The average Bonchev–Trinajstić information content (AvgIpc) is 2.45. The minimum absolute atomic E-state index is 0.0137. The van der Waals surface area contributed by atoms with Crippen LogP contribution in [0.1, 0.15) is 43.5 Å². The Morgan fingerprint density at radius 3 is 2.50 bits per heavy atom. The number of aliphatic carboxylic acids is 1. The molecule has 0 bridgehead atoms. The second-order valence-corrected chi connectivity index (χ2v) is 7.20. The fourth-order valence-corrected chi connectivity index (χ4v) is 3.56. The van der Waals surface area contributed by atoms with Crippen molar-refractivity contribution in [1.82, 2.24) is 5.32 Å². The van der Waals surface area contributed by atoms with E-state index < -0.39 is 21.7 Å². The Kier molecular flexibility index (Phi) is 6.55. The van der Waals surface area contributed by atoms with Crippen LogP contribution in [0.15, 0.2) is 29.2 Å². The molecular weight excluding hydrogens is 306 g/mol. The van der Waals surface area contributed by atoms with Crippen molar-refractivity contribution in [3.8, 4) is 0 Å². The Morgan fingerprint density at radius 1 is 1.27 bits per heavy atom. The molecule has 0 aliphatic carbocycles. The van der Waals surface area contributed by atoms with Crippen LogP contribution in [0.5, 0.6) is 0 Å². The second-order valence-electron chi connectivity index (χ2n) is 5.12. The van der Waals surface area contributed by atoms with Crippen molar-refractivity contribution >= 4 is 21.7 Å². The molecule has 122 valence electrons. The predicted molar refractivity (Wildman–Crippen MR) is 82.6 cm³/mol. The Balaban J connectivity index is 2.93. The van der Waals surface area contributed by atoms with E-state index in [0.717, 1.165) is 0 Å². The van der Waals surface area contributed by atoms with Gasteiger partial charge in [0.1, 0.15) is 0 Å². The lowest BCUT2D eigenvalue weighted by Crippen LogP contribution is -2.34. The van der Waals surface area contributed by atoms with E-state index in [1.807, 2.05) is 0 Å². The van der Waals surface area contributed by atoms with Gasteiger partial charge in [-0.2, -0.15) is 0 Å². The van der Waals surface area contributed by atoms with Crippen LogP contribution in [-0.4, -0.2) is 37.2 Å². The summed E-state index contributed by atoms with van der Waals surface area (Å²) in [5.41, 5.74) is 0.0955. The molecular formula is C15H21NO5S. The van der Waals surface area contributed by atoms with Gasteiger partial charge in [-0.05, 0) is 31.9 Å². The predicted octanol–water partition coefficient (Wildman–Crippen LogP) is 1.85. The Bertz CT molecular complexity index is 639. The third-order valence-corrected chi connectivity index (χ3v) is 5.08. The van der Waals surface area contributed by atoms with Crippen molar-refractivity contribution < 1.29 is 23.1 Å². The zero-order valence-corrected chi connectivity index (χ0v) is 13.5. The molecule has 6 nitrogen and oxygen atoms in total. The topological polar surface area (TPSA) is 101 Å². The Hall–Kier alpha value is -1.89. The molecule has 1 atom stereocenters. The summed E-state index contributed by atoms with van der Waals surface area (Å²) in [6.07, 6.45) is 0.690. The van der Waals surface area contributed by atoms with Crippen molar-refractivity contribution in [2.75, 3.05) is 5.75 Å². The first kappa shape index (κ1) is 18.2. The van der Waals surface area contributed by atoms with Crippen LogP contribution in [0.25, 0.3) is 0 Å². The van der Waals surface area contributed by atoms with Crippen molar-refractivity contribution in [2.45, 2.75) is 44.0 Å². The summed E-state index contributed by atoms with van der Waals surface area (Å²) in [6, 6.07) is 5.70. The molecule has 1 amide bonds. The molecule has 0 heterocycles. The van der Waals surface area contributed by atoms with Gasteiger partial charge in [0.25, 0.3) is 5.91 Å². The number of carbonyl (C=O) groups excluding carboxylic acids is 1. The second kappa shape index (κ2) is 7.93. The summed E-state index contributed by atoms with van der Waals surface area (Å²) in [4.78, 5) is 22.8. The van der Waals surface area contributed by atoms with Crippen LogP contribution in [-0.2, 0) is 14.6 Å². The number of carbonyl (C=O) groups is 2. The van der Waals surface area contributed by atoms with Gasteiger partial charge in [0, 0.05) is 12.5 Å². The van der Waals surface area contributed by atoms with Crippen molar-refractivity contribution in [1.29, 1.82) is 0 Å². The largest absolute Gasteiger partial charge is 0.481 e. The molecule has 0 radical (unpaired) electrons. The minimum Gasteiger partial charge on any atom is -0.481 e. The van der Waals surface area contributed by atoms with Gasteiger partial charge in [-0.1, -0.05) is 19.1 Å². The first-order chi connectivity index (χ1) is 10.3. The summed E-state index contributed by atoms with van der Waals surface area (Å²) in [6.45, 7) is 3.44. The fraction of sp³-hybridized carbons (Fsp3) is 0.467. The molecule has 1 aromatic carbocycles. The van der Waals surface area contributed by atoms with Gasteiger partial charge in [0.2, 0.25) is 0 Å². The van der Waals surface area contributed by atoms with Crippen molar-refractivity contribution in [2.24, 2.45) is 0 Å². The highest BCUT2D eigenvalue weighted by Gasteiger charge is 2.22. The molecule has 1 rings (SSSR count). The normalized spacial score (nSPS) is 12.6. The molecule has 0 saturated heterocycles. The highest BCUT2D eigenvalue weighted by atomic mass is 32.2. The van der Waals surface area contributed by atoms with Crippen LogP contribution in [0, 0.1) is 0 Å². The molecule has 0 fully saturated rings. The zero-order valence-electron chi connectivity index (χ0n) is 12.7. The number of sulfone groups is 1. The lowest BCUT2D eigenvalue weighted by Gasteiger charge is -2.15. The first-order valence-corrected chi connectivity index (χ1v) is 8.77. The number of amides is 1. The van der Waals surface area contributed by atoms with E-state index >= 15 is 0 Å². The van der Waals surface area contributed by atoms with E-state index in [2.05, 4.69) is 5.32 Å². The van der Waals surface area contributed by atoms with Gasteiger partial charge >= 0.3 is 5.97 Å². The zero-order chi connectivity index (χ0) is 16.8. The lowest BCUT2D eigenvalue weighted by atomic mass is 10.1. The van der Waals surface area contributed by atoms with E-state index in [0.29, 0.717) is 6.42 Å². The maximum absolute atomic E-state index is 12.2. The Morgan fingerprint density at radius 2 is 1.91 bits per heavy atom. The van der Waals surface area contributed by atoms with Crippen LogP contribution < -0.4 is 5.32 Å². The van der Waals surface area contributed by atoms with E-state index in [9.17, 15) is 18.0 Å². The fourth-order valence-electron chi connectivity index (χ4n) is 2.02. The number of carboxylic acids is 1. The maximum Gasteiger partial charge on any atom is 0.303 e. The quantitative estimate of drug-likeness (QED) is 0.759. The highest BCUT2D eigenvalue weighted by molar-refractivity contribution is 7.91. The molecule has 0 spiro atoms. The molecule has 7 heteroatoms. The van der Waals surface area contributed by atoms with Crippen LogP contribution in [0.2, 0.25) is 0 Å². The van der Waals surface area contributed by atoms with E-state index in [4.69, 9.17) is 5.11 Å². The summed E-state index contributed by atoms with van der Waals surface area (Å²) < 4.78 is 24.4. The molecule has 0 aliphatic heterocycles. The number of benzene rings is 1. The molecule has 1 aromatic rings. The van der Waals surface area contributed by atoms with Crippen LogP contribution in [0.4, 0.5) is 0 Å². The summed E-state index contributed by atoms with van der Waals surface area (Å²) in [7, 11) is -3.50. The van der Waals surface area contributed by atoms with Gasteiger partial charge in [-0.15, -0.1) is 0 Å². The Labute approximate surface area is 130 Å². The lowest BCUT2D eigenvalue weighted by molar-refractivity contribution is -0.137. The summed E-state index contributed by atoms with van der Waals surface area (Å²) >= 11 is 0. The molecule has 2 N–H and O–H groups in total. The van der Waals surface area contributed by atoms with Crippen LogP contribution in [0.3, 0.4) is 0 Å². The number of rotatable bonds is 8. The summed E-state index contributed by atoms with van der Waals surface area (Å²) in [5, 5.41) is 11.3. The molecule has 0 saturated carbocycles. The van der Waals surface area contributed by atoms with E-state index in [1.165, 1.54) is 12.1 Å². The van der Waals surface area contributed by atoms with Gasteiger partial charge < -0.3 is 10.4 Å². The molecule has 1 unspecified atom stereocenters. The van der Waals surface area contributed by atoms with Crippen LogP contribution >= 0.6 is 0 Å². The van der Waals surface area contributed by atoms with Gasteiger partial charge in [0.05, 0.1) is 16.2 Å². The van der Waals surface area contributed by atoms with Gasteiger partial charge in [0.15, 0.2) is 9.84 Å². The first-order valence-electron chi connectivity index (χ1n) is 7.12. The highest BCUT2D eigenvalue weighted by Crippen LogP contribution is 2.18. The van der Waals surface area contributed by atoms with Crippen molar-refractivity contribution in [3.05, 3.63) is 29.8 Å².